The summed E-state index contributed by atoms with van der Waals surface area (Å²) in [5, 5.41) is 0. The smallest absolute Gasteiger partial charge is 0.140 e. The highest BCUT2D eigenvalue weighted by Gasteiger charge is 2.72. The lowest BCUT2D eigenvalue weighted by molar-refractivity contribution is -0.136. The van der Waals surface area contributed by atoms with Gasteiger partial charge < -0.3 is 4.74 Å². The Balaban J connectivity index is 1.67. The van der Waals surface area contributed by atoms with E-state index in [0.29, 0.717) is 23.9 Å². The number of hydrogen-bond acceptors (Lipinski definition) is 3. The third-order valence-corrected chi connectivity index (χ3v) is 8.08. The largest absolute Gasteiger partial charge is 0.363 e. The van der Waals surface area contributed by atoms with Crippen molar-refractivity contribution in [2.24, 2.45) is 11.3 Å². The van der Waals surface area contributed by atoms with Crippen molar-refractivity contribution in [3.05, 3.63) is 30.3 Å². The lowest BCUT2D eigenvalue weighted by atomic mass is 9.55. The number of Topliss-reactive ketones (excluding diaryl/α,β-unsaturated/α-hetero) is 1. The quantitative estimate of drug-likeness (QED) is 0.796. The Morgan fingerprint density at radius 2 is 1.96 bits per heavy atom. The molecule has 23 heavy (non-hydrogen) atoms. The van der Waals surface area contributed by atoms with Crippen LogP contribution in [-0.4, -0.2) is 26.9 Å². The van der Waals surface area contributed by atoms with E-state index in [1.807, 2.05) is 30.3 Å². The van der Waals surface area contributed by atoms with Crippen molar-refractivity contribution in [3.8, 4) is 0 Å². The number of carbonyl (C=O) groups is 1. The molecule has 2 saturated carbocycles. The van der Waals surface area contributed by atoms with Crippen LogP contribution >= 0.6 is 0 Å². The van der Waals surface area contributed by atoms with E-state index in [1.165, 1.54) is 0 Å². The van der Waals surface area contributed by atoms with Crippen molar-refractivity contribution in [1.29, 1.82) is 0 Å². The van der Waals surface area contributed by atoms with Crippen molar-refractivity contribution >= 4 is 16.6 Å². The number of hydrogen-bond donors (Lipinski definition) is 0. The van der Waals surface area contributed by atoms with E-state index in [9.17, 15) is 9.00 Å². The average Bonchev–Trinajstić information content (AvgIpc) is 3.07. The third-order valence-electron chi connectivity index (χ3n) is 6.50. The van der Waals surface area contributed by atoms with E-state index in [1.54, 1.807) is 0 Å². The van der Waals surface area contributed by atoms with E-state index in [-0.39, 0.29) is 11.2 Å². The Morgan fingerprint density at radius 1 is 1.22 bits per heavy atom. The molecule has 1 unspecified atom stereocenters. The van der Waals surface area contributed by atoms with Crippen LogP contribution in [0.3, 0.4) is 0 Å². The Labute approximate surface area is 140 Å². The zero-order valence-corrected chi connectivity index (χ0v) is 14.7. The van der Waals surface area contributed by atoms with Gasteiger partial charge in [0.1, 0.15) is 5.78 Å². The van der Waals surface area contributed by atoms with Gasteiger partial charge in [0.05, 0.1) is 22.0 Å². The first-order valence-electron chi connectivity index (χ1n) is 8.56. The molecule has 0 aromatic heterocycles. The van der Waals surface area contributed by atoms with Crippen molar-refractivity contribution in [2.45, 2.75) is 62.0 Å². The number of ketones is 1. The Hall–Kier alpha value is -1.00. The molecule has 3 nitrogen and oxygen atoms in total. The predicted molar refractivity (Wildman–Crippen MR) is 89.6 cm³/mol. The highest BCUT2D eigenvalue weighted by molar-refractivity contribution is 7.85. The molecule has 0 radical (unpaired) electrons. The average molecular weight is 332 g/mol. The fraction of sp³-hybridized carbons (Fsp3) is 0.632. The summed E-state index contributed by atoms with van der Waals surface area (Å²) < 4.78 is 19.0. The minimum atomic E-state index is -1.13. The van der Waals surface area contributed by atoms with E-state index in [2.05, 4.69) is 13.8 Å². The molecule has 1 aromatic carbocycles. The summed E-state index contributed by atoms with van der Waals surface area (Å²) in [6.07, 6.45) is 4.33. The molecule has 4 rings (SSSR count). The van der Waals surface area contributed by atoms with Crippen LogP contribution < -0.4 is 0 Å². The number of ether oxygens (including phenoxy) is 1. The van der Waals surface area contributed by atoms with E-state index < -0.39 is 16.2 Å². The molecular formula is C19H24O3S. The van der Waals surface area contributed by atoms with Crippen molar-refractivity contribution in [1.82, 2.24) is 0 Å². The molecule has 1 heterocycles. The number of benzene rings is 1. The second-order valence-corrected chi connectivity index (χ2v) is 9.37. The van der Waals surface area contributed by atoms with Gasteiger partial charge in [-0.05, 0) is 57.6 Å². The minimum Gasteiger partial charge on any atom is -0.363 e. The second-order valence-electron chi connectivity index (χ2n) is 7.92. The summed E-state index contributed by atoms with van der Waals surface area (Å²) in [7, 11) is -1.13. The molecule has 3 fully saturated rings. The van der Waals surface area contributed by atoms with Crippen LogP contribution in [-0.2, 0) is 20.3 Å². The molecule has 0 spiro atoms. The van der Waals surface area contributed by atoms with Crippen LogP contribution in [0.4, 0.5) is 0 Å². The zero-order valence-electron chi connectivity index (χ0n) is 13.8. The molecule has 0 bridgehead atoms. The summed E-state index contributed by atoms with van der Waals surface area (Å²) in [6.45, 7) is 4.29. The van der Waals surface area contributed by atoms with Crippen LogP contribution in [0.5, 0.6) is 0 Å². The van der Waals surface area contributed by atoms with Gasteiger partial charge in [-0.3, -0.25) is 9.00 Å². The maximum Gasteiger partial charge on any atom is 0.140 e. The standard InChI is InChI=1S/C19H24O3S/c1-17-11-14-7-6-10-16(20)19(14,12-18(17,2)22-17)13-23(21)15-8-4-3-5-9-15/h3-5,8-9,14H,6-7,10-13H2,1-2H3/t14-,17-,18+,19+,23?/m1/s1. The van der Waals surface area contributed by atoms with Crippen molar-refractivity contribution in [2.75, 3.05) is 5.75 Å². The SMILES string of the molecule is C[C@@]12C[C@H]3CCCC(=O)[C@]3(CS(=O)c3ccccc3)C[C@]1(C)O2. The second kappa shape index (κ2) is 5.00. The van der Waals surface area contributed by atoms with Gasteiger partial charge in [0, 0.05) is 22.5 Å². The summed E-state index contributed by atoms with van der Waals surface area (Å²) >= 11 is 0. The monoisotopic (exact) mass is 332 g/mol. The number of rotatable bonds is 3. The summed E-state index contributed by atoms with van der Waals surface area (Å²) in [5.41, 5.74) is -0.742. The number of epoxide rings is 1. The summed E-state index contributed by atoms with van der Waals surface area (Å²) in [6, 6.07) is 9.55. The van der Waals surface area contributed by atoms with Gasteiger partial charge in [-0.1, -0.05) is 18.2 Å². The predicted octanol–water partition coefficient (Wildman–Crippen LogP) is 3.49. The van der Waals surface area contributed by atoms with E-state index >= 15 is 0 Å². The first kappa shape index (κ1) is 15.5. The topological polar surface area (TPSA) is 46.7 Å². The molecule has 1 aliphatic heterocycles. The minimum absolute atomic E-state index is 0.0764. The number of carbonyl (C=O) groups excluding carboxylic acids is 1. The molecule has 3 aliphatic rings. The molecule has 1 saturated heterocycles. The Kier molecular flexibility index (Phi) is 3.37. The van der Waals surface area contributed by atoms with Gasteiger partial charge in [-0.15, -0.1) is 0 Å². The molecule has 4 heteroatoms. The summed E-state index contributed by atoms with van der Waals surface area (Å²) in [4.78, 5) is 13.8. The van der Waals surface area contributed by atoms with Gasteiger partial charge in [0.2, 0.25) is 0 Å². The number of fused-ring (bicyclic) bond motifs is 2. The molecule has 124 valence electrons. The fourth-order valence-electron chi connectivity index (χ4n) is 4.97. The molecule has 1 aromatic rings. The first-order valence-corrected chi connectivity index (χ1v) is 9.87. The molecule has 0 N–H and O–H groups in total. The van der Waals surface area contributed by atoms with Crippen LogP contribution in [0.2, 0.25) is 0 Å². The zero-order chi connectivity index (χ0) is 16.3. The van der Waals surface area contributed by atoms with E-state index in [4.69, 9.17) is 4.74 Å². The molecule has 2 aliphatic carbocycles. The van der Waals surface area contributed by atoms with E-state index in [0.717, 1.165) is 30.6 Å². The van der Waals surface area contributed by atoms with Gasteiger partial charge in [-0.25, -0.2) is 0 Å². The van der Waals surface area contributed by atoms with Crippen LogP contribution in [0.25, 0.3) is 0 Å². The molecule has 5 atom stereocenters. The maximum atomic E-state index is 12.9. The lowest BCUT2D eigenvalue weighted by Crippen LogP contribution is -2.53. The summed E-state index contributed by atoms with van der Waals surface area (Å²) in [5.74, 6) is 1.09. The van der Waals surface area contributed by atoms with Crippen LogP contribution in [0, 0.1) is 11.3 Å². The highest BCUT2D eigenvalue weighted by Crippen LogP contribution is 2.66. The molecule has 0 amide bonds. The Morgan fingerprint density at radius 3 is 2.70 bits per heavy atom. The van der Waals surface area contributed by atoms with Crippen molar-refractivity contribution < 1.29 is 13.7 Å². The van der Waals surface area contributed by atoms with Gasteiger partial charge in [-0.2, -0.15) is 0 Å². The first-order chi connectivity index (χ1) is 10.9. The maximum absolute atomic E-state index is 12.9. The van der Waals surface area contributed by atoms with Crippen molar-refractivity contribution in [3.63, 3.8) is 0 Å². The third kappa shape index (κ3) is 2.25. The van der Waals surface area contributed by atoms with Gasteiger partial charge in [0.25, 0.3) is 0 Å². The van der Waals surface area contributed by atoms with Crippen LogP contribution in [0.1, 0.15) is 46.0 Å². The highest BCUT2D eigenvalue weighted by atomic mass is 32.2. The Bertz CT molecular complexity index is 672. The lowest BCUT2D eigenvalue weighted by Gasteiger charge is -2.47. The normalized spacial score (nSPS) is 43.4. The van der Waals surface area contributed by atoms with Gasteiger partial charge in [0.15, 0.2) is 0 Å². The van der Waals surface area contributed by atoms with Crippen LogP contribution in [0.15, 0.2) is 35.2 Å². The fourth-order valence-corrected chi connectivity index (χ4v) is 6.56. The molecular weight excluding hydrogens is 308 g/mol. The van der Waals surface area contributed by atoms with Gasteiger partial charge >= 0.3 is 0 Å².